The molecule has 2 aromatic carbocycles. The van der Waals surface area contributed by atoms with Crippen molar-refractivity contribution in [2.24, 2.45) is 0 Å². The summed E-state index contributed by atoms with van der Waals surface area (Å²) >= 11 is 5.96. The van der Waals surface area contributed by atoms with Crippen LogP contribution in [0.25, 0.3) is 11.0 Å². The van der Waals surface area contributed by atoms with E-state index < -0.39 is 28.6 Å². The molecule has 150 valence electrons. The van der Waals surface area contributed by atoms with Crippen LogP contribution < -0.4 is 10.9 Å². The van der Waals surface area contributed by atoms with E-state index in [1.165, 1.54) is 16.8 Å². The zero-order valence-corrected chi connectivity index (χ0v) is 16.2. The number of aromatic hydroxyl groups is 1. The molecule has 2 N–H and O–H groups in total. The molecule has 1 amide bonds. The summed E-state index contributed by atoms with van der Waals surface area (Å²) in [6.45, 7) is 0.158. The van der Waals surface area contributed by atoms with Crippen molar-refractivity contribution in [3.63, 3.8) is 0 Å². The minimum atomic E-state index is -0.862. The first-order valence-electron chi connectivity index (χ1n) is 8.96. The first-order chi connectivity index (χ1) is 14.5. The fraction of sp³-hybridized carbons (Fsp3) is 0.0455. The van der Waals surface area contributed by atoms with Crippen molar-refractivity contribution in [1.82, 2.24) is 9.55 Å². The van der Waals surface area contributed by atoms with Gasteiger partial charge in [0.1, 0.15) is 22.8 Å². The van der Waals surface area contributed by atoms with Gasteiger partial charge in [0.05, 0.1) is 22.6 Å². The van der Waals surface area contributed by atoms with Crippen LogP contribution in [-0.2, 0) is 6.54 Å². The van der Waals surface area contributed by atoms with Gasteiger partial charge in [-0.25, -0.2) is 9.37 Å². The molecule has 4 rings (SSSR count). The Bertz CT molecular complexity index is 1320. The molecule has 0 aliphatic heterocycles. The van der Waals surface area contributed by atoms with Gasteiger partial charge in [-0.1, -0.05) is 41.9 Å². The van der Waals surface area contributed by atoms with Crippen molar-refractivity contribution in [2.45, 2.75) is 6.54 Å². The predicted octanol–water partition coefficient (Wildman–Crippen LogP) is 4.20. The first-order valence-corrected chi connectivity index (χ1v) is 9.34. The lowest BCUT2D eigenvalue weighted by molar-refractivity contribution is 0.102. The smallest absolute Gasteiger partial charge is 0.269 e. The zero-order chi connectivity index (χ0) is 21.3. The highest BCUT2D eigenvalue weighted by atomic mass is 35.5. The highest BCUT2D eigenvalue weighted by Crippen LogP contribution is 2.28. The molecule has 0 spiro atoms. The molecular weight excluding hydrogens is 409 g/mol. The van der Waals surface area contributed by atoms with Crippen LogP contribution in [0.4, 0.5) is 10.1 Å². The average molecular weight is 424 g/mol. The molecule has 2 aromatic heterocycles. The van der Waals surface area contributed by atoms with Crippen LogP contribution in [0.1, 0.15) is 15.9 Å². The summed E-state index contributed by atoms with van der Waals surface area (Å²) in [6.07, 6.45) is 1.50. The van der Waals surface area contributed by atoms with Gasteiger partial charge in [-0.3, -0.25) is 14.2 Å². The number of hydrogen-bond acceptors (Lipinski definition) is 4. The van der Waals surface area contributed by atoms with E-state index in [9.17, 15) is 19.1 Å². The second kappa shape index (κ2) is 7.96. The van der Waals surface area contributed by atoms with Gasteiger partial charge in [-0.2, -0.15) is 0 Å². The van der Waals surface area contributed by atoms with E-state index in [1.54, 1.807) is 12.1 Å². The Morgan fingerprint density at radius 1 is 1.13 bits per heavy atom. The molecule has 0 atom stereocenters. The van der Waals surface area contributed by atoms with Gasteiger partial charge >= 0.3 is 0 Å². The molecule has 0 bridgehead atoms. The minimum absolute atomic E-state index is 0.0325. The number of halogens is 2. The Balaban J connectivity index is 1.85. The van der Waals surface area contributed by atoms with E-state index in [2.05, 4.69) is 10.3 Å². The van der Waals surface area contributed by atoms with Crippen molar-refractivity contribution < 1.29 is 14.3 Å². The second-order valence-electron chi connectivity index (χ2n) is 6.55. The van der Waals surface area contributed by atoms with Crippen molar-refractivity contribution in [3.8, 4) is 5.75 Å². The lowest BCUT2D eigenvalue weighted by Crippen LogP contribution is -2.30. The van der Waals surface area contributed by atoms with Gasteiger partial charge < -0.3 is 10.4 Å². The molecule has 6 nitrogen and oxygen atoms in total. The van der Waals surface area contributed by atoms with E-state index in [-0.39, 0.29) is 28.3 Å². The molecule has 0 aliphatic rings. The third-order valence-corrected chi connectivity index (χ3v) is 4.90. The van der Waals surface area contributed by atoms with Crippen LogP contribution >= 0.6 is 11.6 Å². The minimum Gasteiger partial charge on any atom is -0.506 e. The number of rotatable bonds is 4. The molecular formula is C22H15ClFN3O3. The van der Waals surface area contributed by atoms with Gasteiger partial charge in [-0.15, -0.1) is 0 Å². The predicted molar refractivity (Wildman–Crippen MR) is 113 cm³/mol. The summed E-state index contributed by atoms with van der Waals surface area (Å²) in [7, 11) is 0. The topological polar surface area (TPSA) is 84.2 Å². The maximum Gasteiger partial charge on any atom is 0.269 e. The molecule has 0 saturated carbocycles. The maximum atomic E-state index is 13.3. The molecule has 2 heterocycles. The summed E-state index contributed by atoms with van der Waals surface area (Å²) in [5.41, 5.74) is 0.0262. The summed E-state index contributed by atoms with van der Waals surface area (Å²) in [6, 6.07) is 15.8. The monoisotopic (exact) mass is 423 g/mol. The number of benzene rings is 2. The van der Waals surface area contributed by atoms with Gasteiger partial charge in [-0.05, 0) is 35.9 Å². The van der Waals surface area contributed by atoms with Crippen molar-refractivity contribution in [2.75, 3.05) is 5.32 Å². The van der Waals surface area contributed by atoms with E-state index in [4.69, 9.17) is 11.6 Å². The lowest BCUT2D eigenvalue weighted by atomic mass is 10.1. The Hall–Kier alpha value is -3.71. The largest absolute Gasteiger partial charge is 0.506 e. The number of fused-ring (bicyclic) bond motifs is 1. The number of pyridine rings is 2. The van der Waals surface area contributed by atoms with Crippen LogP contribution in [0.2, 0.25) is 5.02 Å². The van der Waals surface area contributed by atoms with E-state index >= 15 is 0 Å². The van der Waals surface area contributed by atoms with Crippen LogP contribution in [0.3, 0.4) is 0 Å². The third kappa shape index (κ3) is 3.62. The van der Waals surface area contributed by atoms with Gasteiger partial charge in [0, 0.05) is 6.20 Å². The van der Waals surface area contributed by atoms with Gasteiger partial charge in [0.15, 0.2) is 0 Å². The molecule has 8 heteroatoms. The van der Waals surface area contributed by atoms with Crippen molar-refractivity contribution in [3.05, 3.63) is 99.2 Å². The first kappa shape index (κ1) is 19.6. The van der Waals surface area contributed by atoms with E-state index in [1.807, 2.05) is 30.3 Å². The SMILES string of the molecule is O=C(Nc1ccc(F)cc1Cl)c1c(O)c2cccnc2n(Cc2ccccc2)c1=O. The fourth-order valence-corrected chi connectivity index (χ4v) is 3.37. The Morgan fingerprint density at radius 3 is 2.63 bits per heavy atom. The summed E-state index contributed by atoms with van der Waals surface area (Å²) in [5, 5.41) is 13.4. The Morgan fingerprint density at radius 2 is 1.90 bits per heavy atom. The van der Waals surface area contributed by atoms with E-state index in [0.717, 1.165) is 17.7 Å². The number of aromatic nitrogens is 2. The standard InChI is InChI=1S/C22H15ClFN3O3/c23-16-11-14(24)8-9-17(16)26-21(29)18-19(28)15-7-4-10-25-20(15)27(22(18)30)12-13-5-2-1-3-6-13/h1-11,28H,12H2,(H,26,29). The van der Waals surface area contributed by atoms with Crippen LogP contribution in [0.5, 0.6) is 5.75 Å². The second-order valence-corrected chi connectivity index (χ2v) is 6.96. The lowest BCUT2D eigenvalue weighted by Gasteiger charge is -2.14. The number of amides is 1. The number of nitrogens with one attached hydrogen (secondary N) is 1. The number of carbonyl (C=O) groups is 1. The van der Waals surface area contributed by atoms with Crippen molar-refractivity contribution in [1.29, 1.82) is 0 Å². The normalized spacial score (nSPS) is 10.9. The molecule has 0 radical (unpaired) electrons. The molecule has 30 heavy (non-hydrogen) atoms. The number of nitrogens with zero attached hydrogens (tertiary/aromatic N) is 2. The van der Waals surface area contributed by atoms with Crippen LogP contribution in [-0.4, -0.2) is 20.6 Å². The fourth-order valence-electron chi connectivity index (χ4n) is 3.16. The quantitative estimate of drug-likeness (QED) is 0.515. The third-order valence-electron chi connectivity index (χ3n) is 4.58. The number of hydrogen-bond donors (Lipinski definition) is 2. The number of anilines is 1. The van der Waals surface area contributed by atoms with Gasteiger partial charge in [0.25, 0.3) is 11.5 Å². The van der Waals surface area contributed by atoms with Crippen LogP contribution in [0, 0.1) is 5.82 Å². The summed E-state index contributed by atoms with van der Waals surface area (Å²) in [5.74, 6) is -1.91. The number of carbonyl (C=O) groups excluding carboxylic acids is 1. The summed E-state index contributed by atoms with van der Waals surface area (Å²) < 4.78 is 14.6. The van der Waals surface area contributed by atoms with E-state index in [0.29, 0.717) is 0 Å². The molecule has 0 fully saturated rings. The average Bonchev–Trinajstić information content (AvgIpc) is 2.74. The Kier molecular flexibility index (Phi) is 5.20. The Labute approximate surface area is 175 Å². The van der Waals surface area contributed by atoms with Crippen LogP contribution in [0.15, 0.2) is 71.7 Å². The molecule has 0 aliphatic carbocycles. The highest BCUT2D eigenvalue weighted by molar-refractivity contribution is 6.34. The maximum absolute atomic E-state index is 13.3. The van der Waals surface area contributed by atoms with Gasteiger partial charge in [0.2, 0.25) is 0 Å². The van der Waals surface area contributed by atoms with Crippen molar-refractivity contribution >= 4 is 34.2 Å². The molecule has 0 unspecified atom stereocenters. The molecule has 4 aromatic rings. The highest BCUT2D eigenvalue weighted by Gasteiger charge is 2.23. The zero-order valence-electron chi connectivity index (χ0n) is 15.5. The summed E-state index contributed by atoms with van der Waals surface area (Å²) in [4.78, 5) is 30.3. The molecule has 0 saturated heterocycles.